The molecular formula is C17H21ClN4O2. The summed E-state index contributed by atoms with van der Waals surface area (Å²) < 4.78 is 7.34. The predicted octanol–water partition coefficient (Wildman–Crippen LogP) is 3.55. The van der Waals surface area contributed by atoms with Gasteiger partial charge in [0.2, 0.25) is 0 Å². The van der Waals surface area contributed by atoms with Crippen molar-refractivity contribution in [1.29, 1.82) is 0 Å². The molecule has 1 aromatic heterocycles. The summed E-state index contributed by atoms with van der Waals surface area (Å²) in [4.78, 5) is 12.6. The topological polar surface area (TPSA) is 69.0 Å². The van der Waals surface area contributed by atoms with Crippen LogP contribution in [0, 0.1) is 0 Å². The monoisotopic (exact) mass is 348 g/mol. The lowest BCUT2D eigenvalue weighted by Crippen LogP contribution is -2.29. The van der Waals surface area contributed by atoms with Crippen molar-refractivity contribution in [3.8, 4) is 5.75 Å². The van der Waals surface area contributed by atoms with Gasteiger partial charge in [-0.3, -0.25) is 4.79 Å². The van der Waals surface area contributed by atoms with E-state index < -0.39 is 0 Å². The highest BCUT2D eigenvalue weighted by molar-refractivity contribution is 6.31. The van der Waals surface area contributed by atoms with Gasteiger partial charge in [0.25, 0.3) is 5.91 Å². The van der Waals surface area contributed by atoms with Crippen LogP contribution in [0.15, 0.2) is 24.5 Å². The fourth-order valence-corrected chi connectivity index (χ4v) is 3.39. The highest BCUT2D eigenvalue weighted by atomic mass is 35.5. The standard InChI is InChI=1S/C17H21ClN4O2/c1-11(16-21-19-10-22(16)13-5-3-4-6-13)20-17(23)14-9-12(18)7-8-15(14)24-2/h7-11,13H,3-6H2,1-2H3,(H,20,23)/t11-/m0/s1. The highest BCUT2D eigenvalue weighted by Gasteiger charge is 2.24. The van der Waals surface area contributed by atoms with E-state index in [2.05, 4.69) is 20.1 Å². The third-order valence-corrected chi connectivity index (χ3v) is 4.70. The van der Waals surface area contributed by atoms with Gasteiger partial charge in [-0.25, -0.2) is 0 Å². The van der Waals surface area contributed by atoms with Gasteiger partial charge in [-0.15, -0.1) is 10.2 Å². The molecule has 2 aromatic rings. The van der Waals surface area contributed by atoms with Crippen molar-refractivity contribution in [2.24, 2.45) is 0 Å². The molecule has 0 unspecified atom stereocenters. The maximum atomic E-state index is 12.6. The number of hydrogen-bond acceptors (Lipinski definition) is 4. The molecule has 6 nitrogen and oxygen atoms in total. The molecule has 1 aliphatic rings. The molecule has 7 heteroatoms. The van der Waals surface area contributed by atoms with Crippen molar-refractivity contribution in [3.05, 3.63) is 40.9 Å². The van der Waals surface area contributed by atoms with E-state index in [9.17, 15) is 4.79 Å². The van der Waals surface area contributed by atoms with E-state index in [1.165, 1.54) is 20.0 Å². The van der Waals surface area contributed by atoms with Crippen molar-refractivity contribution in [2.45, 2.75) is 44.7 Å². The van der Waals surface area contributed by atoms with E-state index in [1.807, 2.05) is 6.92 Å². The fraction of sp³-hybridized carbons (Fsp3) is 0.471. The zero-order chi connectivity index (χ0) is 17.1. The third-order valence-electron chi connectivity index (χ3n) is 4.46. The summed E-state index contributed by atoms with van der Waals surface area (Å²) in [7, 11) is 1.53. The second-order valence-electron chi connectivity index (χ2n) is 6.07. The molecule has 0 radical (unpaired) electrons. The van der Waals surface area contributed by atoms with Crippen LogP contribution in [0.4, 0.5) is 0 Å². The maximum Gasteiger partial charge on any atom is 0.255 e. The number of carbonyl (C=O) groups excluding carboxylic acids is 1. The van der Waals surface area contributed by atoms with Crippen molar-refractivity contribution in [1.82, 2.24) is 20.1 Å². The Kier molecular flexibility index (Phi) is 5.04. The Bertz CT molecular complexity index is 725. The van der Waals surface area contributed by atoms with E-state index in [4.69, 9.17) is 16.3 Å². The average Bonchev–Trinajstić information content (AvgIpc) is 3.25. The second-order valence-corrected chi connectivity index (χ2v) is 6.51. The van der Waals surface area contributed by atoms with Gasteiger partial charge >= 0.3 is 0 Å². The van der Waals surface area contributed by atoms with Gasteiger partial charge in [0.15, 0.2) is 5.82 Å². The Labute approximate surface area is 146 Å². The molecule has 1 N–H and O–H groups in total. The summed E-state index contributed by atoms with van der Waals surface area (Å²) in [6.45, 7) is 1.91. The lowest BCUT2D eigenvalue weighted by atomic mass is 10.1. The van der Waals surface area contributed by atoms with E-state index in [1.54, 1.807) is 24.5 Å². The van der Waals surface area contributed by atoms with Crippen LogP contribution in [0.25, 0.3) is 0 Å². The van der Waals surface area contributed by atoms with Crippen molar-refractivity contribution >= 4 is 17.5 Å². The molecule has 0 bridgehead atoms. The molecule has 1 amide bonds. The molecule has 24 heavy (non-hydrogen) atoms. The molecule has 1 saturated carbocycles. The van der Waals surface area contributed by atoms with Crippen LogP contribution in [0.5, 0.6) is 5.75 Å². The Morgan fingerprint density at radius 2 is 2.17 bits per heavy atom. The van der Waals surface area contributed by atoms with Crippen LogP contribution in [-0.2, 0) is 0 Å². The van der Waals surface area contributed by atoms with Gasteiger partial charge in [-0.1, -0.05) is 24.4 Å². The minimum atomic E-state index is -0.260. The number of nitrogens with one attached hydrogen (secondary N) is 1. The number of ether oxygens (including phenoxy) is 1. The van der Waals surface area contributed by atoms with Gasteiger partial charge in [0.05, 0.1) is 18.7 Å². The molecule has 1 aliphatic carbocycles. The van der Waals surface area contributed by atoms with Crippen LogP contribution in [0.2, 0.25) is 5.02 Å². The van der Waals surface area contributed by atoms with Gasteiger partial charge in [-0.2, -0.15) is 0 Å². The number of aromatic nitrogens is 3. The van der Waals surface area contributed by atoms with Crippen molar-refractivity contribution in [3.63, 3.8) is 0 Å². The summed E-state index contributed by atoms with van der Waals surface area (Å²) in [5, 5.41) is 11.7. The zero-order valence-corrected chi connectivity index (χ0v) is 14.6. The quantitative estimate of drug-likeness (QED) is 0.897. The number of methoxy groups -OCH3 is 1. The summed E-state index contributed by atoms with van der Waals surface area (Å²) in [6, 6.07) is 5.14. The molecule has 0 saturated heterocycles. The maximum absolute atomic E-state index is 12.6. The van der Waals surface area contributed by atoms with Crippen LogP contribution >= 0.6 is 11.6 Å². The van der Waals surface area contributed by atoms with E-state index in [0.717, 1.165) is 18.7 Å². The Balaban J connectivity index is 1.78. The zero-order valence-electron chi connectivity index (χ0n) is 13.8. The number of amides is 1. The molecule has 1 fully saturated rings. The van der Waals surface area contributed by atoms with Gasteiger partial charge in [-0.05, 0) is 38.0 Å². The minimum absolute atomic E-state index is 0.247. The fourth-order valence-electron chi connectivity index (χ4n) is 3.22. The molecular weight excluding hydrogens is 328 g/mol. The number of hydrogen-bond donors (Lipinski definition) is 1. The summed E-state index contributed by atoms with van der Waals surface area (Å²) in [6.07, 6.45) is 6.47. The second kappa shape index (κ2) is 7.21. The summed E-state index contributed by atoms with van der Waals surface area (Å²) in [5.41, 5.74) is 0.406. The molecule has 0 aliphatic heterocycles. The Hall–Kier alpha value is -2.08. The molecule has 3 rings (SSSR count). The first-order valence-corrected chi connectivity index (χ1v) is 8.51. The van der Waals surface area contributed by atoms with Gasteiger partial charge in [0, 0.05) is 11.1 Å². The van der Waals surface area contributed by atoms with Crippen LogP contribution in [-0.4, -0.2) is 27.8 Å². The molecule has 1 atom stereocenters. The largest absolute Gasteiger partial charge is 0.496 e. The van der Waals surface area contributed by atoms with E-state index >= 15 is 0 Å². The number of benzene rings is 1. The van der Waals surface area contributed by atoms with Crippen LogP contribution in [0.3, 0.4) is 0 Å². The lowest BCUT2D eigenvalue weighted by Gasteiger charge is -2.19. The first kappa shape index (κ1) is 16.8. The van der Waals surface area contributed by atoms with Crippen LogP contribution < -0.4 is 10.1 Å². The first-order valence-electron chi connectivity index (χ1n) is 8.14. The van der Waals surface area contributed by atoms with E-state index in [0.29, 0.717) is 22.4 Å². The summed E-state index contributed by atoms with van der Waals surface area (Å²) >= 11 is 6.00. The molecule has 1 heterocycles. The summed E-state index contributed by atoms with van der Waals surface area (Å²) in [5.74, 6) is 1.01. The molecule has 0 spiro atoms. The number of rotatable bonds is 5. The number of nitrogens with zero attached hydrogens (tertiary/aromatic N) is 3. The molecule has 128 valence electrons. The lowest BCUT2D eigenvalue weighted by molar-refractivity contribution is 0.0934. The Morgan fingerprint density at radius 3 is 2.88 bits per heavy atom. The highest BCUT2D eigenvalue weighted by Crippen LogP contribution is 2.31. The van der Waals surface area contributed by atoms with Crippen LogP contribution in [0.1, 0.15) is 60.9 Å². The van der Waals surface area contributed by atoms with Crippen molar-refractivity contribution in [2.75, 3.05) is 7.11 Å². The predicted molar refractivity (Wildman–Crippen MR) is 91.4 cm³/mol. The van der Waals surface area contributed by atoms with E-state index in [-0.39, 0.29) is 11.9 Å². The first-order chi connectivity index (χ1) is 11.6. The smallest absolute Gasteiger partial charge is 0.255 e. The number of carbonyl (C=O) groups is 1. The molecule has 1 aromatic carbocycles. The van der Waals surface area contributed by atoms with Gasteiger partial charge < -0.3 is 14.6 Å². The average molecular weight is 349 g/mol. The van der Waals surface area contributed by atoms with Gasteiger partial charge in [0.1, 0.15) is 12.1 Å². The third kappa shape index (κ3) is 3.38. The SMILES string of the molecule is COc1ccc(Cl)cc1C(=O)N[C@@H](C)c1nncn1C1CCCC1. The van der Waals surface area contributed by atoms with Crippen molar-refractivity contribution < 1.29 is 9.53 Å². The Morgan fingerprint density at radius 1 is 1.42 bits per heavy atom. The normalized spacial score (nSPS) is 16.1. The number of halogens is 1. The minimum Gasteiger partial charge on any atom is -0.496 e.